The van der Waals surface area contributed by atoms with E-state index in [0.717, 1.165) is 16.5 Å². The lowest BCUT2D eigenvalue weighted by atomic mass is 9.87. The summed E-state index contributed by atoms with van der Waals surface area (Å²) >= 11 is 5.32. The molecule has 0 spiro atoms. The van der Waals surface area contributed by atoms with E-state index in [1.54, 1.807) is 0 Å². The van der Waals surface area contributed by atoms with Crippen LogP contribution >= 0.6 is 27.3 Å². The van der Waals surface area contributed by atoms with Gasteiger partial charge in [-0.3, -0.25) is 0 Å². The highest BCUT2D eigenvalue weighted by molar-refractivity contribution is 9.10. The quantitative estimate of drug-likeness (QED) is 0.915. The molecule has 1 heterocycles. The number of fused-ring (bicyclic) bond motifs is 1. The molecule has 0 unspecified atom stereocenters. The maximum Gasteiger partial charge on any atom is 0.101 e. The van der Waals surface area contributed by atoms with Crippen LogP contribution in [0.5, 0.6) is 0 Å². The molecular weight excluding hydrogens is 296 g/mol. The molecule has 2 N–H and O–H groups in total. The van der Waals surface area contributed by atoms with Crippen LogP contribution in [0, 0.1) is 0 Å². The molecule has 2 aromatic rings. The maximum atomic E-state index is 6.01. The molecule has 0 radical (unpaired) electrons. The van der Waals surface area contributed by atoms with Gasteiger partial charge in [0.15, 0.2) is 0 Å². The van der Waals surface area contributed by atoms with Crippen LogP contribution < -0.4 is 5.73 Å². The maximum absolute atomic E-state index is 6.01. The molecule has 1 aliphatic carbocycles. The minimum absolute atomic E-state index is 0.163. The summed E-state index contributed by atoms with van der Waals surface area (Å²) < 4.78 is 2.38. The summed E-state index contributed by atoms with van der Waals surface area (Å²) in [6.07, 6.45) is 4.97. The van der Waals surface area contributed by atoms with Crippen molar-refractivity contribution in [3.8, 4) is 0 Å². The number of aromatic nitrogens is 1. The van der Waals surface area contributed by atoms with Gasteiger partial charge in [-0.15, -0.1) is 11.3 Å². The van der Waals surface area contributed by atoms with Crippen molar-refractivity contribution >= 4 is 37.5 Å². The monoisotopic (exact) mass is 310 g/mol. The third-order valence-electron chi connectivity index (χ3n) is 3.76. The largest absolute Gasteiger partial charge is 0.329 e. The van der Waals surface area contributed by atoms with E-state index in [1.165, 1.54) is 35.4 Å². The van der Waals surface area contributed by atoms with Gasteiger partial charge < -0.3 is 5.73 Å². The van der Waals surface area contributed by atoms with E-state index in [9.17, 15) is 0 Å². The number of hydrogen-bond acceptors (Lipinski definition) is 3. The standard InChI is InChI=1S/C13H15BrN2S/c14-9-3-4-10-11(7-9)17-12(16-10)13(8-15)5-1-2-6-13/h3-4,7H,1-2,5-6,8,15H2. The highest BCUT2D eigenvalue weighted by Crippen LogP contribution is 2.43. The Kier molecular flexibility index (Phi) is 2.97. The number of nitrogens with zero attached hydrogens (tertiary/aromatic N) is 1. The second kappa shape index (κ2) is 4.34. The zero-order valence-electron chi connectivity index (χ0n) is 9.58. The fraction of sp³-hybridized carbons (Fsp3) is 0.462. The number of hydrogen-bond donors (Lipinski definition) is 1. The Morgan fingerprint density at radius 3 is 2.82 bits per heavy atom. The molecule has 1 aromatic heterocycles. The number of benzene rings is 1. The van der Waals surface area contributed by atoms with E-state index in [2.05, 4.69) is 34.1 Å². The molecule has 90 valence electrons. The first-order valence-corrected chi connectivity index (χ1v) is 7.61. The highest BCUT2D eigenvalue weighted by atomic mass is 79.9. The molecule has 2 nitrogen and oxygen atoms in total. The molecule has 0 saturated heterocycles. The molecule has 1 saturated carbocycles. The van der Waals surface area contributed by atoms with Crippen LogP contribution in [-0.4, -0.2) is 11.5 Å². The smallest absolute Gasteiger partial charge is 0.101 e. The molecule has 0 amide bonds. The van der Waals surface area contributed by atoms with E-state index in [0.29, 0.717) is 0 Å². The van der Waals surface area contributed by atoms with Crippen molar-refractivity contribution in [2.75, 3.05) is 6.54 Å². The molecule has 4 heteroatoms. The summed E-state index contributed by atoms with van der Waals surface area (Å²) in [6.45, 7) is 0.730. The zero-order valence-corrected chi connectivity index (χ0v) is 12.0. The molecule has 0 atom stereocenters. The van der Waals surface area contributed by atoms with Gasteiger partial charge in [0.2, 0.25) is 0 Å². The predicted molar refractivity (Wildman–Crippen MR) is 76.5 cm³/mol. The second-order valence-corrected chi connectivity index (χ2v) is 6.77. The van der Waals surface area contributed by atoms with Crippen molar-refractivity contribution in [2.45, 2.75) is 31.1 Å². The number of thiazole rings is 1. The molecule has 1 fully saturated rings. The lowest BCUT2D eigenvalue weighted by molar-refractivity contribution is 0.451. The van der Waals surface area contributed by atoms with Gasteiger partial charge in [-0.25, -0.2) is 4.98 Å². The van der Waals surface area contributed by atoms with Gasteiger partial charge in [0.1, 0.15) is 5.01 Å². The summed E-state index contributed by atoms with van der Waals surface area (Å²) in [5, 5.41) is 1.24. The Balaban J connectivity index is 2.11. The van der Waals surface area contributed by atoms with E-state index < -0.39 is 0 Å². The first-order chi connectivity index (χ1) is 8.23. The third-order valence-corrected chi connectivity index (χ3v) is 5.51. The first-order valence-electron chi connectivity index (χ1n) is 6.00. The molecule has 0 bridgehead atoms. The zero-order chi connectivity index (χ0) is 11.9. The van der Waals surface area contributed by atoms with Crippen molar-refractivity contribution in [1.82, 2.24) is 4.98 Å². The van der Waals surface area contributed by atoms with Gasteiger partial charge in [-0.1, -0.05) is 28.8 Å². The van der Waals surface area contributed by atoms with Gasteiger partial charge in [-0.05, 0) is 31.0 Å². The van der Waals surface area contributed by atoms with Gasteiger partial charge in [0, 0.05) is 16.4 Å². The minimum atomic E-state index is 0.163. The van der Waals surface area contributed by atoms with Crippen molar-refractivity contribution in [1.29, 1.82) is 0 Å². The summed E-state index contributed by atoms with van der Waals surface area (Å²) in [7, 11) is 0. The Morgan fingerprint density at radius 1 is 1.35 bits per heavy atom. The van der Waals surface area contributed by atoms with Crippen LogP contribution in [0.3, 0.4) is 0 Å². The third kappa shape index (κ3) is 1.92. The van der Waals surface area contributed by atoms with Gasteiger partial charge >= 0.3 is 0 Å². The van der Waals surface area contributed by atoms with E-state index in [1.807, 2.05) is 11.3 Å². The van der Waals surface area contributed by atoms with Crippen molar-refractivity contribution in [3.05, 3.63) is 27.7 Å². The lowest BCUT2D eigenvalue weighted by Gasteiger charge is -2.23. The van der Waals surface area contributed by atoms with Crippen LogP contribution in [0.25, 0.3) is 10.2 Å². The Morgan fingerprint density at radius 2 is 2.12 bits per heavy atom. The summed E-state index contributed by atoms with van der Waals surface area (Å²) in [4.78, 5) is 4.80. The Bertz CT molecular complexity index is 543. The van der Waals surface area contributed by atoms with Crippen LogP contribution in [-0.2, 0) is 5.41 Å². The summed E-state index contributed by atoms with van der Waals surface area (Å²) in [5.74, 6) is 0. The number of rotatable bonds is 2. The van der Waals surface area contributed by atoms with Gasteiger partial charge in [0.25, 0.3) is 0 Å². The molecule has 3 rings (SSSR count). The van der Waals surface area contributed by atoms with Crippen molar-refractivity contribution in [2.24, 2.45) is 5.73 Å². The summed E-state index contributed by atoms with van der Waals surface area (Å²) in [5.41, 5.74) is 7.28. The molecule has 17 heavy (non-hydrogen) atoms. The van der Waals surface area contributed by atoms with Crippen LogP contribution in [0.4, 0.5) is 0 Å². The normalized spacial score (nSPS) is 18.9. The van der Waals surface area contributed by atoms with E-state index in [4.69, 9.17) is 10.7 Å². The van der Waals surface area contributed by atoms with Gasteiger partial charge in [-0.2, -0.15) is 0 Å². The van der Waals surface area contributed by atoms with Crippen LogP contribution in [0.2, 0.25) is 0 Å². The summed E-state index contributed by atoms with van der Waals surface area (Å²) in [6, 6.07) is 6.28. The Hall–Kier alpha value is -0.450. The lowest BCUT2D eigenvalue weighted by Crippen LogP contribution is -2.31. The van der Waals surface area contributed by atoms with Gasteiger partial charge in [0.05, 0.1) is 10.2 Å². The first kappa shape index (κ1) is 11.6. The van der Waals surface area contributed by atoms with E-state index in [-0.39, 0.29) is 5.41 Å². The van der Waals surface area contributed by atoms with Crippen LogP contribution in [0.1, 0.15) is 30.7 Å². The highest BCUT2D eigenvalue weighted by Gasteiger charge is 2.37. The van der Waals surface area contributed by atoms with Crippen molar-refractivity contribution < 1.29 is 0 Å². The number of nitrogens with two attached hydrogens (primary N) is 1. The average molecular weight is 311 g/mol. The molecule has 1 aromatic carbocycles. The number of halogens is 1. The fourth-order valence-electron chi connectivity index (χ4n) is 2.68. The molecule has 1 aliphatic rings. The second-order valence-electron chi connectivity index (χ2n) is 4.82. The topological polar surface area (TPSA) is 38.9 Å². The molecule has 0 aliphatic heterocycles. The fourth-order valence-corrected chi connectivity index (χ4v) is 4.46. The predicted octanol–water partition coefficient (Wildman–Crippen LogP) is 3.83. The average Bonchev–Trinajstić information content (AvgIpc) is 2.94. The van der Waals surface area contributed by atoms with E-state index >= 15 is 0 Å². The van der Waals surface area contributed by atoms with Crippen LogP contribution in [0.15, 0.2) is 22.7 Å². The Labute approximate surface area is 113 Å². The van der Waals surface area contributed by atoms with Crippen molar-refractivity contribution in [3.63, 3.8) is 0 Å². The SMILES string of the molecule is NCC1(c2nc3ccc(Br)cc3s2)CCCC1. The molecular formula is C13H15BrN2S. The minimum Gasteiger partial charge on any atom is -0.329 e.